The van der Waals surface area contributed by atoms with E-state index in [1.165, 1.54) is 0 Å². The molecule has 2 aliphatic heterocycles. The Bertz CT molecular complexity index is 802. The number of imidazole rings is 1. The average Bonchev–Trinajstić information content (AvgIpc) is 3.14. The highest BCUT2D eigenvalue weighted by molar-refractivity contribution is 5.81. The summed E-state index contributed by atoms with van der Waals surface area (Å²) in [5.74, 6) is 0.683. The molecular weight excluding hydrogens is 338 g/mol. The summed E-state index contributed by atoms with van der Waals surface area (Å²) in [6.45, 7) is 6.31. The summed E-state index contributed by atoms with van der Waals surface area (Å²) < 4.78 is 13.1. The maximum atomic E-state index is 10.6. The molecule has 0 radical (unpaired) electrons. The van der Waals surface area contributed by atoms with Gasteiger partial charge in [-0.3, -0.25) is 4.57 Å². The third kappa shape index (κ3) is 2.78. The highest BCUT2D eigenvalue weighted by atomic mass is 16.6. The van der Waals surface area contributed by atoms with Gasteiger partial charge in [-0.05, 0) is 37.1 Å². The van der Waals surface area contributed by atoms with Crippen LogP contribution < -0.4 is 4.90 Å². The Kier molecular flexibility index (Phi) is 4.62. The second-order valence-corrected chi connectivity index (χ2v) is 7.04. The molecule has 26 heavy (non-hydrogen) atoms. The first-order valence-corrected chi connectivity index (χ1v) is 8.95. The van der Waals surface area contributed by atoms with Gasteiger partial charge in [-0.15, -0.1) is 0 Å². The fourth-order valence-electron chi connectivity index (χ4n) is 3.67. The van der Waals surface area contributed by atoms with Crippen LogP contribution >= 0.6 is 0 Å². The van der Waals surface area contributed by atoms with Crippen molar-refractivity contribution in [1.82, 2.24) is 9.55 Å². The standard InChI is InChI=1S/C18H25N3O5/c1-10-7-12-13(8-11(10)2)21(17-16(24)15(23)14(9-22)26-17)18(19-12)20-3-5-25-6-4-20/h7-8,14-17,22-24H,3-6,9H2,1-2H3/t14-,15+,16-,17-/m0/s1. The number of fused-ring (bicyclic) bond motifs is 1. The Morgan fingerprint density at radius 2 is 1.81 bits per heavy atom. The summed E-state index contributed by atoms with van der Waals surface area (Å²) >= 11 is 0. The molecule has 1 aromatic carbocycles. The molecule has 0 aliphatic carbocycles. The Labute approximate surface area is 151 Å². The number of rotatable bonds is 3. The van der Waals surface area contributed by atoms with Gasteiger partial charge in [-0.1, -0.05) is 0 Å². The van der Waals surface area contributed by atoms with Crippen LogP contribution in [0, 0.1) is 13.8 Å². The third-order valence-electron chi connectivity index (χ3n) is 5.35. The predicted molar refractivity (Wildman–Crippen MR) is 95.2 cm³/mol. The SMILES string of the molecule is Cc1cc2nc(N3CCOCC3)n([C@H]3O[C@@H](CO)[C@@H](O)[C@@H]3O)c2cc1C. The summed E-state index contributed by atoms with van der Waals surface area (Å²) in [5.41, 5.74) is 3.90. The molecule has 2 aromatic rings. The average molecular weight is 363 g/mol. The predicted octanol–water partition coefficient (Wildman–Crippen LogP) is 0.101. The van der Waals surface area contributed by atoms with Crippen molar-refractivity contribution < 1.29 is 24.8 Å². The molecule has 2 saturated heterocycles. The first-order valence-electron chi connectivity index (χ1n) is 8.95. The minimum absolute atomic E-state index is 0.355. The molecule has 0 amide bonds. The highest BCUT2D eigenvalue weighted by Crippen LogP contribution is 2.37. The Morgan fingerprint density at radius 3 is 2.46 bits per heavy atom. The van der Waals surface area contributed by atoms with Crippen LogP contribution in [-0.4, -0.2) is 76.1 Å². The van der Waals surface area contributed by atoms with E-state index in [-0.39, 0.29) is 6.61 Å². The third-order valence-corrected chi connectivity index (χ3v) is 5.35. The van der Waals surface area contributed by atoms with E-state index >= 15 is 0 Å². The maximum absolute atomic E-state index is 10.6. The lowest BCUT2D eigenvalue weighted by molar-refractivity contribution is -0.0504. The van der Waals surface area contributed by atoms with Crippen molar-refractivity contribution in [3.05, 3.63) is 23.3 Å². The number of nitrogens with zero attached hydrogens (tertiary/aromatic N) is 3. The molecule has 0 spiro atoms. The van der Waals surface area contributed by atoms with E-state index in [4.69, 9.17) is 14.5 Å². The van der Waals surface area contributed by atoms with Crippen molar-refractivity contribution in [3.8, 4) is 0 Å². The van der Waals surface area contributed by atoms with Crippen LogP contribution in [0.25, 0.3) is 11.0 Å². The zero-order valence-corrected chi connectivity index (χ0v) is 15.0. The first-order chi connectivity index (χ1) is 12.5. The summed E-state index contributed by atoms with van der Waals surface area (Å²) in [6.07, 6.45) is -3.93. The molecule has 2 aliphatic rings. The van der Waals surface area contributed by atoms with Gasteiger partial charge in [-0.25, -0.2) is 4.98 Å². The molecule has 2 fully saturated rings. The van der Waals surface area contributed by atoms with E-state index in [0.717, 1.165) is 22.2 Å². The Hall–Kier alpha value is -1.71. The molecule has 8 nitrogen and oxygen atoms in total. The normalized spacial score (nSPS) is 29.7. The van der Waals surface area contributed by atoms with Crippen LogP contribution in [0.3, 0.4) is 0 Å². The van der Waals surface area contributed by atoms with Crippen LogP contribution in [0.5, 0.6) is 0 Å². The molecule has 3 heterocycles. The molecular formula is C18H25N3O5. The van der Waals surface area contributed by atoms with E-state index in [9.17, 15) is 15.3 Å². The van der Waals surface area contributed by atoms with Crippen LogP contribution in [0.2, 0.25) is 0 Å². The van der Waals surface area contributed by atoms with E-state index in [1.807, 2.05) is 30.5 Å². The smallest absolute Gasteiger partial charge is 0.208 e. The van der Waals surface area contributed by atoms with Crippen molar-refractivity contribution in [3.63, 3.8) is 0 Å². The van der Waals surface area contributed by atoms with Gasteiger partial charge in [-0.2, -0.15) is 0 Å². The fourth-order valence-corrected chi connectivity index (χ4v) is 3.67. The molecule has 8 heteroatoms. The minimum atomic E-state index is -1.15. The number of aliphatic hydroxyl groups is 3. The number of aliphatic hydroxyl groups excluding tert-OH is 3. The lowest BCUT2D eigenvalue weighted by Gasteiger charge is -2.30. The van der Waals surface area contributed by atoms with Crippen LogP contribution in [0.4, 0.5) is 5.95 Å². The molecule has 4 atom stereocenters. The lowest BCUT2D eigenvalue weighted by atomic mass is 10.1. The van der Waals surface area contributed by atoms with Gasteiger partial charge in [0.2, 0.25) is 5.95 Å². The Balaban J connectivity index is 1.86. The van der Waals surface area contributed by atoms with Crippen molar-refractivity contribution in [2.45, 2.75) is 38.4 Å². The minimum Gasteiger partial charge on any atom is -0.394 e. The molecule has 1 aromatic heterocycles. The first kappa shape index (κ1) is 17.7. The number of morpholine rings is 1. The summed E-state index contributed by atoms with van der Waals surface area (Å²) in [6, 6.07) is 4.04. The molecule has 4 rings (SSSR count). The van der Waals surface area contributed by atoms with Crippen LogP contribution in [0.15, 0.2) is 12.1 Å². The molecule has 0 bridgehead atoms. The zero-order valence-electron chi connectivity index (χ0n) is 15.0. The second-order valence-electron chi connectivity index (χ2n) is 7.04. The monoisotopic (exact) mass is 363 g/mol. The van der Waals surface area contributed by atoms with Gasteiger partial charge in [0, 0.05) is 13.1 Å². The molecule has 0 unspecified atom stereocenters. The van der Waals surface area contributed by atoms with Crippen LogP contribution in [0.1, 0.15) is 17.4 Å². The topological polar surface area (TPSA) is 100 Å². The number of benzene rings is 1. The molecule has 0 saturated carbocycles. The van der Waals surface area contributed by atoms with E-state index in [1.54, 1.807) is 0 Å². The number of ether oxygens (including phenoxy) is 2. The Morgan fingerprint density at radius 1 is 1.12 bits per heavy atom. The molecule has 142 valence electrons. The largest absolute Gasteiger partial charge is 0.394 e. The van der Waals surface area contributed by atoms with Crippen molar-refractivity contribution in [1.29, 1.82) is 0 Å². The lowest BCUT2D eigenvalue weighted by Crippen LogP contribution is -2.39. The maximum Gasteiger partial charge on any atom is 0.208 e. The summed E-state index contributed by atoms with van der Waals surface area (Å²) in [4.78, 5) is 6.89. The van der Waals surface area contributed by atoms with E-state index < -0.39 is 24.5 Å². The number of aryl methyl sites for hydroxylation is 2. The van der Waals surface area contributed by atoms with Gasteiger partial charge in [0.1, 0.15) is 18.3 Å². The zero-order chi connectivity index (χ0) is 18.4. The van der Waals surface area contributed by atoms with Crippen molar-refractivity contribution in [2.24, 2.45) is 0 Å². The highest BCUT2D eigenvalue weighted by Gasteiger charge is 2.45. The van der Waals surface area contributed by atoms with Gasteiger partial charge in [0.05, 0.1) is 30.9 Å². The fraction of sp³-hybridized carbons (Fsp3) is 0.611. The second kappa shape index (κ2) is 6.79. The summed E-state index contributed by atoms with van der Waals surface area (Å²) in [7, 11) is 0. The van der Waals surface area contributed by atoms with E-state index in [2.05, 4.69) is 4.90 Å². The van der Waals surface area contributed by atoms with Crippen molar-refractivity contribution >= 4 is 17.0 Å². The van der Waals surface area contributed by atoms with Crippen molar-refractivity contribution in [2.75, 3.05) is 37.8 Å². The number of hydrogen-bond acceptors (Lipinski definition) is 7. The van der Waals surface area contributed by atoms with Crippen LogP contribution in [-0.2, 0) is 9.47 Å². The van der Waals surface area contributed by atoms with E-state index in [0.29, 0.717) is 32.3 Å². The molecule has 3 N–H and O–H groups in total. The summed E-state index contributed by atoms with van der Waals surface area (Å²) in [5, 5.41) is 30.2. The quantitative estimate of drug-likeness (QED) is 0.711. The van der Waals surface area contributed by atoms with Gasteiger partial charge >= 0.3 is 0 Å². The van der Waals surface area contributed by atoms with Gasteiger partial charge in [0.25, 0.3) is 0 Å². The number of aromatic nitrogens is 2. The number of anilines is 1. The number of hydrogen-bond donors (Lipinski definition) is 3. The van der Waals surface area contributed by atoms with Gasteiger partial charge in [0.15, 0.2) is 6.23 Å². The van der Waals surface area contributed by atoms with Gasteiger partial charge < -0.3 is 29.7 Å².